The van der Waals surface area contributed by atoms with Crippen LogP contribution in [0.2, 0.25) is 0 Å². The molecule has 1 saturated carbocycles. The van der Waals surface area contributed by atoms with Gasteiger partial charge in [-0.25, -0.2) is 4.98 Å². The third-order valence-electron chi connectivity index (χ3n) is 2.90. The predicted octanol–water partition coefficient (Wildman–Crippen LogP) is 1.04. The van der Waals surface area contributed by atoms with Gasteiger partial charge in [0.2, 0.25) is 0 Å². The van der Waals surface area contributed by atoms with Crippen molar-refractivity contribution < 1.29 is 0 Å². The minimum absolute atomic E-state index is 0.222. The van der Waals surface area contributed by atoms with E-state index >= 15 is 0 Å². The summed E-state index contributed by atoms with van der Waals surface area (Å²) in [4.78, 5) is 4.16. The topological polar surface area (TPSA) is 67.6 Å². The Kier molecular flexibility index (Phi) is 2.26. The molecule has 2 N–H and O–H groups in total. The highest BCUT2D eigenvalue weighted by atomic mass is 15.1. The van der Waals surface area contributed by atoms with E-state index in [0.29, 0.717) is 13.0 Å². The lowest BCUT2D eigenvalue weighted by Gasteiger charge is -2.13. The van der Waals surface area contributed by atoms with Gasteiger partial charge in [0.25, 0.3) is 0 Å². The van der Waals surface area contributed by atoms with Crippen LogP contribution in [-0.2, 0) is 13.1 Å². The van der Waals surface area contributed by atoms with Crippen LogP contribution in [0.3, 0.4) is 0 Å². The van der Waals surface area contributed by atoms with Crippen molar-refractivity contribution in [3.63, 3.8) is 0 Å². The molecule has 0 saturated heterocycles. The van der Waals surface area contributed by atoms with E-state index in [1.807, 2.05) is 6.20 Å². The van der Waals surface area contributed by atoms with E-state index in [2.05, 4.69) is 15.6 Å². The van der Waals surface area contributed by atoms with Crippen LogP contribution in [0.15, 0.2) is 12.4 Å². The molecule has 1 fully saturated rings. The van der Waals surface area contributed by atoms with E-state index < -0.39 is 0 Å². The van der Waals surface area contributed by atoms with Gasteiger partial charge in [0.15, 0.2) is 0 Å². The highest BCUT2D eigenvalue weighted by Crippen LogP contribution is 2.50. The van der Waals surface area contributed by atoms with Gasteiger partial charge in [0.05, 0.1) is 12.6 Å². The summed E-state index contributed by atoms with van der Waals surface area (Å²) >= 11 is 0. The third kappa shape index (κ3) is 1.64. The van der Waals surface area contributed by atoms with Crippen LogP contribution < -0.4 is 5.73 Å². The molecule has 0 aliphatic heterocycles. The first-order valence-electron chi connectivity index (χ1n) is 4.87. The Balaban J connectivity index is 2.08. The number of nitrogens with zero attached hydrogens (tertiary/aromatic N) is 3. The van der Waals surface area contributed by atoms with Crippen molar-refractivity contribution >= 4 is 0 Å². The van der Waals surface area contributed by atoms with Gasteiger partial charge in [-0.2, -0.15) is 5.26 Å². The third-order valence-corrected chi connectivity index (χ3v) is 2.90. The summed E-state index contributed by atoms with van der Waals surface area (Å²) in [6.45, 7) is 1.36. The lowest BCUT2D eigenvalue weighted by Crippen LogP contribution is -2.15. The van der Waals surface area contributed by atoms with Crippen molar-refractivity contribution in [3.8, 4) is 6.07 Å². The van der Waals surface area contributed by atoms with Gasteiger partial charge in [-0.1, -0.05) is 0 Å². The van der Waals surface area contributed by atoms with Gasteiger partial charge in [0.1, 0.15) is 5.82 Å². The first kappa shape index (κ1) is 9.22. The first-order chi connectivity index (χ1) is 6.79. The lowest BCUT2D eigenvalue weighted by atomic mass is 10.0. The maximum Gasteiger partial charge on any atom is 0.122 e. The summed E-state index contributed by atoms with van der Waals surface area (Å²) < 4.78 is 2.07. The van der Waals surface area contributed by atoms with E-state index in [0.717, 1.165) is 25.2 Å². The summed E-state index contributed by atoms with van der Waals surface area (Å²) in [6.07, 6.45) is 6.67. The molecule has 0 bridgehead atoms. The second-order valence-corrected chi connectivity index (χ2v) is 4.01. The van der Waals surface area contributed by atoms with Gasteiger partial charge in [-0.05, 0) is 12.8 Å². The molecule has 1 aromatic rings. The second-order valence-electron chi connectivity index (χ2n) is 4.01. The van der Waals surface area contributed by atoms with Gasteiger partial charge in [-0.3, -0.25) is 0 Å². The van der Waals surface area contributed by atoms with E-state index in [4.69, 9.17) is 11.0 Å². The zero-order valence-corrected chi connectivity index (χ0v) is 8.11. The second kappa shape index (κ2) is 3.43. The van der Waals surface area contributed by atoms with E-state index in [1.54, 1.807) is 6.20 Å². The summed E-state index contributed by atoms with van der Waals surface area (Å²) in [5.74, 6) is 0.911. The molecule has 1 aromatic heterocycles. The Morgan fingerprint density at radius 3 is 3.00 bits per heavy atom. The molecule has 0 atom stereocenters. The SMILES string of the molecule is N#CCC1(Cn2ccnc2CN)CC1. The van der Waals surface area contributed by atoms with Crippen LogP contribution in [0.1, 0.15) is 25.1 Å². The minimum Gasteiger partial charge on any atom is -0.333 e. The highest BCUT2D eigenvalue weighted by Gasteiger charge is 2.42. The molecule has 0 unspecified atom stereocenters. The Labute approximate surface area is 83.4 Å². The lowest BCUT2D eigenvalue weighted by molar-refractivity contribution is 0.422. The van der Waals surface area contributed by atoms with Crippen LogP contribution in [0.4, 0.5) is 0 Å². The Morgan fingerprint density at radius 1 is 1.64 bits per heavy atom. The number of imidazole rings is 1. The first-order valence-corrected chi connectivity index (χ1v) is 4.87. The monoisotopic (exact) mass is 190 g/mol. The van der Waals surface area contributed by atoms with Crippen LogP contribution in [0.5, 0.6) is 0 Å². The Morgan fingerprint density at radius 2 is 2.43 bits per heavy atom. The maximum absolute atomic E-state index is 8.70. The fraction of sp³-hybridized carbons (Fsp3) is 0.600. The van der Waals surface area contributed by atoms with E-state index in [1.165, 1.54) is 0 Å². The molecule has 1 aliphatic carbocycles. The number of hydrogen-bond acceptors (Lipinski definition) is 3. The highest BCUT2D eigenvalue weighted by molar-refractivity contribution is 5.02. The van der Waals surface area contributed by atoms with Crippen LogP contribution in [0, 0.1) is 16.7 Å². The summed E-state index contributed by atoms with van der Waals surface area (Å²) in [7, 11) is 0. The van der Waals surface area contributed by atoms with Crippen LogP contribution >= 0.6 is 0 Å². The molecule has 1 heterocycles. The fourth-order valence-electron chi connectivity index (χ4n) is 1.77. The van der Waals surface area contributed by atoms with Gasteiger partial charge in [0, 0.05) is 30.8 Å². The number of nitrogens with two attached hydrogens (primary N) is 1. The Bertz CT molecular complexity index is 356. The molecular formula is C10H14N4. The van der Waals surface area contributed by atoms with Crippen LogP contribution in [0.25, 0.3) is 0 Å². The molecule has 0 spiro atoms. The average molecular weight is 190 g/mol. The zero-order valence-electron chi connectivity index (χ0n) is 8.11. The quantitative estimate of drug-likeness (QED) is 0.771. The molecular weight excluding hydrogens is 176 g/mol. The van der Waals surface area contributed by atoms with E-state index in [9.17, 15) is 0 Å². The zero-order chi connectivity index (χ0) is 10.0. The van der Waals surface area contributed by atoms with Gasteiger partial charge < -0.3 is 10.3 Å². The predicted molar refractivity (Wildman–Crippen MR) is 52.0 cm³/mol. The van der Waals surface area contributed by atoms with E-state index in [-0.39, 0.29) is 5.41 Å². The molecule has 1 aliphatic rings. The minimum atomic E-state index is 0.222. The molecule has 74 valence electrons. The molecule has 14 heavy (non-hydrogen) atoms. The molecule has 4 nitrogen and oxygen atoms in total. The van der Waals surface area contributed by atoms with Crippen molar-refractivity contribution in [2.75, 3.05) is 0 Å². The number of aromatic nitrogens is 2. The fourth-order valence-corrected chi connectivity index (χ4v) is 1.77. The van der Waals surface area contributed by atoms with Crippen molar-refractivity contribution in [1.82, 2.24) is 9.55 Å². The number of hydrogen-bond donors (Lipinski definition) is 1. The largest absolute Gasteiger partial charge is 0.333 e. The average Bonchev–Trinajstić information content (AvgIpc) is 2.79. The molecule has 0 amide bonds. The van der Waals surface area contributed by atoms with Crippen molar-refractivity contribution in [2.24, 2.45) is 11.1 Å². The standard InChI is InChI=1S/C10H14N4/c11-4-3-10(1-2-10)8-14-6-5-13-9(14)7-12/h5-6H,1-3,7-8,12H2. The molecule has 0 aromatic carbocycles. The number of rotatable bonds is 4. The smallest absolute Gasteiger partial charge is 0.122 e. The van der Waals surface area contributed by atoms with Crippen molar-refractivity contribution in [3.05, 3.63) is 18.2 Å². The normalized spacial score (nSPS) is 17.7. The molecule has 2 rings (SSSR count). The van der Waals surface area contributed by atoms with Crippen LogP contribution in [-0.4, -0.2) is 9.55 Å². The summed E-state index contributed by atoms with van der Waals surface area (Å²) in [6, 6.07) is 2.26. The molecule has 4 heteroatoms. The molecule has 0 radical (unpaired) electrons. The summed E-state index contributed by atoms with van der Waals surface area (Å²) in [5.41, 5.74) is 5.78. The van der Waals surface area contributed by atoms with Gasteiger partial charge in [-0.15, -0.1) is 0 Å². The van der Waals surface area contributed by atoms with Gasteiger partial charge >= 0.3 is 0 Å². The Hall–Kier alpha value is -1.34. The number of nitriles is 1. The maximum atomic E-state index is 8.70. The van der Waals surface area contributed by atoms with Crippen molar-refractivity contribution in [1.29, 1.82) is 5.26 Å². The summed E-state index contributed by atoms with van der Waals surface area (Å²) in [5, 5.41) is 8.70. The van der Waals surface area contributed by atoms with Crippen molar-refractivity contribution in [2.45, 2.75) is 32.4 Å².